The van der Waals surface area contributed by atoms with Crippen molar-refractivity contribution in [3.63, 3.8) is 0 Å². The van der Waals surface area contributed by atoms with Crippen molar-refractivity contribution in [3.05, 3.63) is 64.7 Å². The SMILES string of the molecule is COc1ccc(C(C)(C)C)cc1/C(O)=C1\C(=O)C(=O)N(CCN(C)C)C1c1ccc(O)cc1. The third-order valence-electron chi connectivity index (χ3n) is 5.86. The van der Waals surface area contributed by atoms with Crippen molar-refractivity contribution >= 4 is 17.4 Å². The van der Waals surface area contributed by atoms with Crippen molar-refractivity contribution in [1.29, 1.82) is 0 Å². The van der Waals surface area contributed by atoms with E-state index in [9.17, 15) is 19.8 Å². The Bertz CT molecular complexity index is 1080. The summed E-state index contributed by atoms with van der Waals surface area (Å²) in [5.74, 6) is -1.20. The van der Waals surface area contributed by atoms with E-state index in [1.54, 1.807) is 24.3 Å². The Hall–Kier alpha value is -3.32. The Labute approximate surface area is 194 Å². The quantitative estimate of drug-likeness (QED) is 0.395. The summed E-state index contributed by atoms with van der Waals surface area (Å²) in [6, 6.07) is 11.0. The number of phenols is 1. The van der Waals surface area contributed by atoms with E-state index >= 15 is 0 Å². The van der Waals surface area contributed by atoms with Crippen LogP contribution in [0.1, 0.15) is 43.5 Å². The van der Waals surface area contributed by atoms with Crippen LogP contribution in [0.3, 0.4) is 0 Å². The zero-order valence-corrected chi connectivity index (χ0v) is 20.0. The van der Waals surface area contributed by atoms with Gasteiger partial charge in [0.25, 0.3) is 11.7 Å². The number of benzene rings is 2. The van der Waals surface area contributed by atoms with Gasteiger partial charge in [-0.1, -0.05) is 39.0 Å². The first-order valence-corrected chi connectivity index (χ1v) is 10.9. The minimum absolute atomic E-state index is 0.00815. The molecule has 7 heteroatoms. The number of likely N-dealkylation sites (tertiary alicyclic amines) is 1. The summed E-state index contributed by atoms with van der Waals surface area (Å²) in [6.45, 7) is 7.00. The van der Waals surface area contributed by atoms with Crippen LogP contribution in [0.2, 0.25) is 0 Å². The molecule has 1 fully saturated rings. The number of aliphatic hydroxyl groups is 1. The highest BCUT2D eigenvalue weighted by atomic mass is 16.5. The summed E-state index contributed by atoms with van der Waals surface area (Å²) < 4.78 is 5.47. The van der Waals surface area contributed by atoms with Crippen LogP contribution in [0, 0.1) is 0 Å². The molecular weight excluding hydrogens is 420 g/mol. The van der Waals surface area contributed by atoms with Gasteiger partial charge >= 0.3 is 0 Å². The number of ketones is 1. The fourth-order valence-electron chi connectivity index (χ4n) is 3.93. The standard InChI is InChI=1S/C26H32N2O5/c1-26(2,3)17-9-12-20(33-6)19(15-17)23(30)21-22(16-7-10-18(29)11-8-16)28(14-13-27(4)5)25(32)24(21)31/h7-12,15,22,29-30H,13-14H2,1-6H3/b23-21+. The number of methoxy groups -OCH3 is 1. The predicted molar refractivity (Wildman–Crippen MR) is 127 cm³/mol. The Morgan fingerprint density at radius 2 is 1.73 bits per heavy atom. The van der Waals surface area contributed by atoms with E-state index in [0.29, 0.717) is 30.0 Å². The average Bonchev–Trinajstić information content (AvgIpc) is 3.01. The zero-order valence-electron chi connectivity index (χ0n) is 20.0. The molecule has 1 aliphatic heterocycles. The van der Waals surface area contributed by atoms with Gasteiger partial charge in [0.2, 0.25) is 0 Å². The van der Waals surface area contributed by atoms with E-state index in [2.05, 4.69) is 20.8 Å². The number of nitrogens with zero attached hydrogens (tertiary/aromatic N) is 2. The van der Waals surface area contributed by atoms with E-state index in [-0.39, 0.29) is 22.5 Å². The first kappa shape index (κ1) is 24.3. The molecule has 0 saturated carbocycles. The maximum Gasteiger partial charge on any atom is 0.295 e. The van der Waals surface area contributed by atoms with Crippen LogP contribution in [0.5, 0.6) is 11.5 Å². The van der Waals surface area contributed by atoms with Gasteiger partial charge in [0.15, 0.2) is 0 Å². The summed E-state index contributed by atoms with van der Waals surface area (Å²) in [5, 5.41) is 21.2. The number of aliphatic hydroxyl groups excluding tert-OH is 1. The molecule has 2 N–H and O–H groups in total. The van der Waals surface area contributed by atoms with E-state index in [1.165, 1.54) is 24.1 Å². The minimum Gasteiger partial charge on any atom is -0.508 e. The van der Waals surface area contributed by atoms with Crippen LogP contribution in [-0.2, 0) is 15.0 Å². The van der Waals surface area contributed by atoms with Crippen LogP contribution in [0.15, 0.2) is 48.0 Å². The lowest BCUT2D eigenvalue weighted by Gasteiger charge is -2.27. The largest absolute Gasteiger partial charge is 0.508 e. The van der Waals surface area contributed by atoms with Gasteiger partial charge in [-0.15, -0.1) is 0 Å². The highest BCUT2D eigenvalue weighted by Gasteiger charge is 2.46. The van der Waals surface area contributed by atoms with Crippen LogP contribution >= 0.6 is 0 Å². The normalized spacial score (nSPS) is 18.3. The summed E-state index contributed by atoms with van der Waals surface area (Å²) in [6.07, 6.45) is 0. The van der Waals surface area contributed by atoms with Crippen molar-refractivity contribution < 1.29 is 24.5 Å². The number of hydrogen-bond acceptors (Lipinski definition) is 6. The van der Waals surface area contributed by atoms with Gasteiger partial charge in [-0.2, -0.15) is 0 Å². The Balaban J connectivity index is 2.24. The highest BCUT2D eigenvalue weighted by molar-refractivity contribution is 6.46. The number of rotatable bonds is 6. The molecule has 2 aromatic carbocycles. The zero-order chi connectivity index (χ0) is 24.5. The molecule has 1 amide bonds. The van der Waals surface area contributed by atoms with Gasteiger partial charge in [-0.3, -0.25) is 9.59 Å². The molecule has 0 aromatic heterocycles. The molecule has 0 bridgehead atoms. The first-order valence-electron chi connectivity index (χ1n) is 10.9. The molecule has 1 heterocycles. The molecule has 3 rings (SSSR count). The number of carbonyl (C=O) groups is 2. The first-order chi connectivity index (χ1) is 15.5. The lowest BCUT2D eigenvalue weighted by atomic mass is 9.85. The lowest BCUT2D eigenvalue weighted by Crippen LogP contribution is -2.35. The number of ether oxygens (including phenoxy) is 1. The summed E-state index contributed by atoms with van der Waals surface area (Å²) in [7, 11) is 5.26. The van der Waals surface area contributed by atoms with Crippen LogP contribution in [0.25, 0.3) is 5.76 Å². The number of aromatic hydroxyl groups is 1. The molecule has 0 radical (unpaired) electrons. The Morgan fingerprint density at radius 1 is 1.09 bits per heavy atom. The minimum atomic E-state index is -0.784. The second-order valence-corrected chi connectivity index (χ2v) is 9.55. The van der Waals surface area contributed by atoms with Crippen molar-refractivity contribution in [2.75, 3.05) is 34.3 Å². The fraction of sp³-hybridized carbons (Fsp3) is 0.385. The molecular formula is C26H32N2O5. The van der Waals surface area contributed by atoms with E-state index in [1.807, 2.05) is 25.1 Å². The maximum absolute atomic E-state index is 13.2. The molecule has 1 atom stereocenters. The summed E-state index contributed by atoms with van der Waals surface area (Å²) in [4.78, 5) is 29.6. The molecule has 33 heavy (non-hydrogen) atoms. The number of likely N-dealkylation sites (N-methyl/N-ethyl adjacent to an activating group) is 1. The van der Waals surface area contributed by atoms with Gasteiger partial charge < -0.3 is 24.7 Å². The fourth-order valence-corrected chi connectivity index (χ4v) is 3.93. The molecule has 2 aromatic rings. The van der Waals surface area contributed by atoms with Gasteiger partial charge in [-0.05, 0) is 54.9 Å². The van der Waals surface area contributed by atoms with Crippen LogP contribution < -0.4 is 4.74 Å². The highest BCUT2D eigenvalue weighted by Crippen LogP contribution is 2.42. The van der Waals surface area contributed by atoms with Gasteiger partial charge in [-0.25, -0.2) is 0 Å². The third-order valence-corrected chi connectivity index (χ3v) is 5.86. The Kier molecular flexibility index (Phi) is 6.84. The van der Waals surface area contributed by atoms with E-state index < -0.39 is 17.7 Å². The number of carbonyl (C=O) groups excluding carboxylic acids is 2. The van der Waals surface area contributed by atoms with Gasteiger partial charge in [0.05, 0.1) is 24.3 Å². The molecule has 1 saturated heterocycles. The van der Waals surface area contributed by atoms with Gasteiger partial charge in [0, 0.05) is 13.1 Å². The predicted octanol–water partition coefficient (Wildman–Crippen LogP) is 3.68. The van der Waals surface area contributed by atoms with Crippen molar-refractivity contribution in [2.24, 2.45) is 0 Å². The second-order valence-electron chi connectivity index (χ2n) is 9.55. The van der Waals surface area contributed by atoms with Crippen molar-refractivity contribution in [3.8, 4) is 11.5 Å². The van der Waals surface area contributed by atoms with Crippen LogP contribution in [-0.4, -0.2) is 66.0 Å². The molecule has 1 aliphatic rings. The smallest absolute Gasteiger partial charge is 0.295 e. The van der Waals surface area contributed by atoms with Gasteiger partial charge in [0.1, 0.15) is 17.3 Å². The monoisotopic (exact) mass is 452 g/mol. The molecule has 7 nitrogen and oxygen atoms in total. The van der Waals surface area contributed by atoms with Crippen LogP contribution in [0.4, 0.5) is 0 Å². The third kappa shape index (κ3) is 4.88. The molecule has 1 unspecified atom stereocenters. The second kappa shape index (κ2) is 9.27. The van der Waals surface area contributed by atoms with E-state index in [4.69, 9.17) is 4.74 Å². The number of phenolic OH excluding ortho intramolecular Hbond substituents is 1. The molecule has 0 aliphatic carbocycles. The Morgan fingerprint density at radius 3 is 2.27 bits per heavy atom. The number of Topliss-reactive ketones (excluding diaryl/α,β-unsaturated/α-hetero) is 1. The van der Waals surface area contributed by atoms with E-state index in [0.717, 1.165) is 5.56 Å². The maximum atomic E-state index is 13.2. The topological polar surface area (TPSA) is 90.3 Å². The molecule has 176 valence electrons. The molecule has 0 spiro atoms. The van der Waals surface area contributed by atoms with Crippen molar-refractivity contribution in [1.82, 2.24) is 9.80 Å². The average molecular weight is 453 g/mol. The number of hydrogen-bond donors (Lipinski definition) is 2. The summed E-state index contributed by atoms with van der Waals surface area (Å²) >= 11 is 0. The number of amides is 1. The van der Waals surface area contributed by atoms with Crippen molar-refractivity contribution in [2.45, 2.75) is 32.2 Å². The summed E-state index contributed by atoms with van der Waals surface area (Å²) in [5.41, 5.74) is 1.74. The lowest BCUT2D eigenvalue weighted by molar-refractivity contribution is -0.140.